The first-order valence-electron chi connectivity index (χ1n) is 8.37. The highest BCUT2D eigenvalue weighted by Crippen LogP contribution is 2.47. The molecule has 134 valence electrons. The predicted molar refractivity (Wildman–Crippen MR) is 97.3 cm³/mol. The Labute approximate surface area is 158 Å². The average Bonchev–Trinajstić information content (AvgIpc) is 3.11. The summed E-state index contributed by atoms with van der Waals surface area (Å²) in [6.45, 7) is 1.09. The van der Waals surface area contributed by atoms with E-state index in [1.807, 2.05) is 6.07 Å². The van der Waals surface area contributed by atoms with Gasteiger partial charge in [-0.1, -0.05) is 0 Å². The van der Waals surface area contributed by atoms with Crippen LogP contribution in [0.15, 0.2) is 22.9 Å². The minimum absolute atomic E-state index is 0.0218. The van der Waals surface area contributed by atoms with Gasteiger partial charge in [-0.05, 0) is 41.3 Å². The van der Waals surface area contributed by atoms with E-state index in [2.05, 4.69) is 32.4 Å². The first-order valence-corrected chi connectivity index (χ1v) is 9.17. The number of amides is 2. The van der Waals surface area contributed by atoms with Crippen LogP contribution in [0.3, 0.4) is 0 Å². The van der Waals surface area contributed by atoms with E-state index in [9.17, 15) is 14.9 Å². The molecule has 0 spiro atoms. The summed E-state index contributed by atoms with van der Waals surface area (Å²) in [5, 5.41) is 16.8. The second kappa shape index (κ2) is 5.99. The second-order valence-electron chi connectivity index (χ2n) is 6.86. The number of nitrogens with zero attached hydrogens (tertiary/aromatic N) is 4. The van der Waals surface area contributed by atoms with Gasteiger partial charge in [0.05, 0.1) is 29.0 Å². The van der Waals surface area contributed by atoms with E-state index in [1.165, 1.54) is 6.20 Å². The summed E-state index contributed by atoms with van der Waals surface area (Å²) < 4.78 is 2.49. The zero-order valence-corrected chi connectivity index (χ0v) is 15.5. The maximum Gasteiger partial charge on any atom is 0.252 e. The van der Waals surface area contributed by atoms with Gasteiger partial charge in [0.15, 0.2) is 0 Å². The van der Waals surface area contributed by atoms with Crippen molar-refractivity contribution in [3.63, 3.8) is 0 Å². The lowest BCUT2D eigenvalue weighted by atomic mass is 10.1. The number of likely N-dealkylation sites (tertiary alicyclic amines) is 1. The number of nitrogens with two attached hydrogens (primary N) is 1. The Kier molecular flexibility index (Phi) is 3.88. The maximum atomic E-state index is 12.5. The molecule has 1 aliphatic carbocycles. The third-order valence-corrected chi connectivity index (χ3v) is 5.50. The Balaban J connectivity index is 1.58. The van der Waals surface area contributed by atoms with Crippen molar-refractivity contribution in [2.45, 2.75) is 25.3 Å². The van der Waals surface area contributed by atoms with Gasteiger partial charge >= 0.3 is 0 Å². The fourth-order valence-corrected chi connectivity index (χ4v) is 3.84. The molecule has 1 saturated heterocycles. The molecule has 2 amide bonds. The van der Waals surface area contributed by atoms with Crippen LogP contribution in [0, 0.1) is 16.7 Å². The van der Waals surface area contributed by atoms with E-state index in [-0.39, 0.29) is 11.9 Å². The highest BCUT2D eigenvalue weighted by atomic mass is 79.9. The van der Waals surface area contributed by atoms with Crippen LogP contribution in [-0.2, 0) is 4.79 Å². The zero-order valence-electron chi connectivity index (χ0n) is 13.9. The van der Waals surface area contributed by atoms with Crippen molar-refractivity contribution in [1.82, 2.24) is 14.5 Å². The van der Waals surface area contributed by atoms with Crippen LogP contribution in [0.4, 0.5) is 5.69 Å². The van der Waals surface area contributed by atoms with Crippen molar-refractivity contribution in [2.24, 2.45) is 11.1 Å². The highest BCUT2D eigenvalue weighted by molar-refractivity contribution is 9.10. The van der Waals surface area contributed by atoms with Gasteiger partial charge in [0.25, 0.3) is 5.91 Å². The molecule has 0 aromatic carbocycles. The molecule has 8 nitrogen and oxygen atoms in total. The van der Waals surface area contributed by atoms with Crippen LogP contribution in [0.5, 0.6) is 0 Å². The summed E-state index contributed by atoms with van der Waals surface area (Å²) >= 11 is 3.41. The lowest BCUT2D eigenvalue weighted by Crippen LogP contribution is -2.36. The van der Waals surface area contributed by atoms with E-state index in [0.717, 1.165) is 16.4 Å². The Morgan fingerprint density at radius 2 is 2.23 bits per heavy atom. The summed E-state index contributed by atoms with van der Waals surface area (Å²) in [6, 6.07) is 3.99. The number of anilines is 1. The molecular formula is C17H17BrN6O2. The molecule has 2 aromatic rings. The van der Waals surface area contributed by atoms with E-state index in [4.69, 9.17) is 5.73 Å². The minimum atomic E-state index is -0.802. The van der Waals surface area contributed by atoms with E-state index in [1.54, 1.807) is 15.6 Å². The number of carbonyl (C=O) groups is 2. The Morgan fingerprint density at radius 3 is 2.88 bits per heavy atom. The summed E-state index contributed by atoms with van der Waals surface area (Å²) in [6.07, 6.45) is 5.26. The molecule has 2 aliphatic rings. The standard InChI is InChI=1S/C17H17BrN6O2/c18-10-5-13-14(12(15(20)25)6-21-24(13)7-10)22-11-1-4-23(8-11)16(26)17(9-19)2-3-17/h5-7,11,22H,1-4,8H2,(H2,20,25)/t11-/m0/s1. The van der Waals surface area contributed by atoms with Crippen molar-refractivity contribution in [3.8, 4) is 6.07 Å². The van der Waals surface area contributed by atoms with Crippen molar-refractivity contribution in [2.75, 3.05) is 18.4 Å². The number of hydrogen-bond acceptors (Lipinski definition) is 5. The van der Waals surface area contributed by atoms with Gasteiger partial charge in [-0.15, -0.1) is 0 Å². The third-order valence-electron chi connectivity index (χ3n) is 5.07. The predicted octanol–water partition coefficient (Wildman–Crippen LogP) is 1.51. The third kappa shape index (κ3) is 2.70. The Bertz CT molecular complexity index is 958. The molecule has 1 atom stereocenters. The van der Waals surface area contributed by atoms with Crippen LogP contribution >= 0.6 is 15.9 Å². The number of aromatic nitrogens is 2. The number of rotatable bonds is 4. The van der Waals surface area contributed by atoms with Gasteiger partial charge in [-0.2, -0.15) is 10.4 Å². The summed E-state index contributed by atoms with van der Waals surface area (Å²) in [5.41, 5.74) is 6.35. The summed E-state index contributed by atoms with van der Waals surface area (Å²) in [5.74, 6) is -0.642. The fourth-order valence-electron chi connectivity index (χ4n) is 3.43. The van der Waals surface area contributed by atoms with Crippen molar-refractivity contribution < 1.29 is 9.59 Å². The van der Waals surface area contributed by atoms with E-state index >= 15 is 0 Å². The van der Waals surface area contributed by atoms with Gasteiger partial charge in [0, 0.05) is 29.8 Å². The van der Waals surface area contributed by atoms with Crippen LogP contribution in [0.25, 0.3) is 5.52 Å². The van der Waals surface area contributed by atoms with Gasteiger partial charge in [0.1, 0.15) is 5.41 Å². The molecule has 0 radical (unpaired) electrons. The van der Waals surface area contributed by atoms with Crippen LogP contribution in [-0.4, -0.2) is 45.5 Å². The first kappa shape index (κ1) is 16.8. The zero-order chi connectivity index (χ0) is 18.5. The molecule has 2 fully saturated rings. The van der Waals surface area contributed by atoms with Gasteiger partial charge in [0.2, 0.25) is 5.91 Å². The van der Waals surface area contributed by atoms with E-state index < -0.39 is 11.3 Å². The van der Waals surface area contributed by atoms with Crippen molar-refractivity contribution in [1.29, 1.82) is 5.26 Å². The second-order valence-corrected chi connectivity index (χ2v) is 7.78. The molecule has 3 heterocycles. The summed E-state index contributed by atoms with van der Waals surface area (Å²) in [7, 11) is 0. The molecule has 9 heteroatoms. The molecule has 1 aliphatic heterocycles. The van der Waals surface area contributed by atoms with Gasteiger partial charge < -0.3 is 16.0 Å². The fraction of sp³-hybridized carbons (Fsp3) is 0.412. The number of halogens is 1. The Morgan fingerprint density at radius 1 is 1.46 bits per heavy atom. The Hall–Kier alpha value is -2.60. The van der Waals surface area contributed by atoms with Gasteiger partial charge in [-0.25, -0.2) is 4.52 Å². The normalized spacial score (nSPS) is 20.8. The minimum Gasteiger partial charge on any atom is -0.378 e. The SMILES string of the molecule is N#CC1(C(=O)N2CC[C@H](Nc3c(C(N)=O)cnn4cc(Br)cc34)C2)CC1. The van der Waals surface area contributed by atoms with Crippen molar-refractivity contribution in [3.05, 3.63) is 28.5 Å². The molecule has 0 unspecified atom stereocenters. The van der Waals surface area contributed by atoms with E-state index in [0.29, 0.717) is 37.2 Å². The van der Waals surface area contributed by atoms with Crippen LogP contribution in [0.1, 0.15) is 29.6 Å². The molecule has 0 bridgehead atoms. The molecule has 26 heavy (non-hydrogen) atoms. The van der Waals surface area contributed by atoms with Crippen LogP contribution < -0.4 is 11.1 Å². The number of nitrogens with one attached hydrogen (secondary N) is 1. The number of primary amides is 1. The largest absolute Gasteiger partial charge is 0.378 e. The highest BCUT2D eigenvalue weighted by Gasteiger charge is 2.53. The topological polar surface area (TPSA) is 117 Å². The first-order chi connectivity index (χ1) is 12.4. The van der Waals surface area contributed by atoms with Crippen molar-refractivity contribution >= 4 is 38.9 Å². The number of nitriles is 1. The number of carbonyl (C=O) groups excluding carboxylic acids is 2. The number of fused-ring (bicyclic) bond motifs is 1. The monoisotopic (exact) mass is 416 g/mol. The van der Waals surface area contributed by atoms with Crippen LogP contribution in [0.2, 0.25) is 0 Å². The average molecular weight is 417 g/mol. The lowest BCUT2D eigenvalue weighted by molar-refractivity contribution is -0.133. The van der Waals surface area contributed by atoms with Gasteiger partial charge in [-0.3, -0.25) is 9.59 Å². The molecule has 3 N–H and O–H groups in total. The summed E-state index contributed by atoms with van der Waals surface area (Å²) in [4.78, 5) is 26.1. The lowest BCUT2D eigenvalue weighted by Gasteiger charge is -2.20. The quantitative estimate of drug-likeness (QED) is 0.783. The molecule has 2 aromatic heterocycles. The molecular weight excluding hydrogens is 400 g/mol. The molecule has 4 rings (SSSR count). The smallest absolute Gasteiger partial charge is 0.252 e. The maximum absolute atomic E-state index is 12.5. The molecule has 1 saturated carbocycles. The number of hydrogen-bond donors (Lipinski definition) is 2.